The fraction of sp³-hybridized carbons (Fsp3) is 0.423. The van der Waals surface area contributed by atoms with Crippen molar-refractivity contribution in [2.75, 3.05) is 13.1 Å². The van der Waals surface area contributed by atoms with Gasteiger partial charge in [-0.3, -0.25) is 14.4 Å². The molecule has 2 saturated heterocycles. The van der Waals surface area contributed by atoms with E-state index in [4.69, 9.17) is 5.73 Å². The Labute approximate surface area is 211 Å². The average Bonchev–Trinajstić information content (AvgIpc) is 3.45. The van der Waals surface area contributed by atoms with Crippen molar-refractivity contribution in [3.63, 3.8) is 0 Å². The molecule has 2 heterocycles. The monoisotopic (exact) mass is 512 g/mol. The van der Waals surface area contributed by atoms with Crippen LogP contribution in [-0.2, 0) is 26.2 Å². The third-order valence-corrected chi connectivity index (χ3v) is 8.63. The predicted octanol–water partition coefficient (Wildman–Crippen LogP) is 1.53. The minimum Gasteiger partial charge on any atom is -0.340 e. The second kappa shape index (κ2) is 10.5. The van der Waals surface area contributed by atoms with Crippen LogP contribution < -0.4 is 11.1 Å². The number of rotatable bonds is 8. The quantitative estimate of drug-likeness (QED) is 0.552. The highest BCUT2D eigenvalue weighted by Gasteiger charge is 2.54. The summed E-state index contributed by atoms with van der Waals surface area (Å²) in [4.78, 5) is 41.2. The number of amides is 2. The zero-order valence-electron chi connectivity index (χ0n) is 20.5. The van der Waals surface area contributed by atoms with Gasteiger partial charge in [-0.15, -0.1) is 0 Å². The number of fused-ring (bicyclic) bond motifs is 1. The summed E-state index contributed by atoms with van der Waals surface area (Å²) in [7, 11) is -3.88. The molecule has 2 aliphatic heterocycles. The molecule has 0 saturated carbocycles. The number of nitrogens with one attached hydrogen (secondary N) is 1. The van der Waals surface area contributed by atoms with Gasteiger partial charge in [0.05, 0.1) is 17.5 Å². The van der Waals surface area contributed by atoms with Gasteiger partial charge in [-0.2, -0.15) is 4.31 Å². The van der Waals surface area contributed by atoms with Gasteiger partial charge < -0.3 is 16.0 Å². The Kier molecular flexibility index (Phi) is 7.58. The first-order valence-corrected chi connectivity index (χ1v) is 13.6. The fourth-order valence-electron chi connectivity index (χ4n) is 5.04. The van der Waals surface area contributed by atoms with E-state index >= 15 is 0 Å². The van der Waals surface area contributed by atoms with E-state index in [9.17, 15) is 22.8 Å². The minimum atomic E-state index is -3.88. The Hall–Kier alpha value is -3.08. The normalized spacial score (nSPS) is 21.0. The third kappa shape index (κ3) is 5.07. The Bertz CT molecular complexity index is 1250. The number of Topliss-reactive ketones (excluding diaryl/α,β-unsaturated/α-hetero) is 1. The first-order chi connectivity index (χ1) is 17.1. The first-order valence-electron chi connectivity index (χ1n) is 12.1. The van der Waals surface area contributed by atoms with Crippen LogP contribution in [0.5, 0.6) is 0 Å². The number of likely N-dealkylation sites (tertiary alicyclic amines) is 1. The smallest absolute Gasteiger partial charge is 0.251 e. The van der Waals surface area contributed by atoms with Crippen LogP contribution in [0.4, 0.5) is 0 Å². The van der Waals surface area contributed by atoms with E-state index in [0.29, 0.717) is 18.4 Å². The number of nitrogens with two attached hydrogens (primary N) is 1. The summed E-state index contributed by atoms with van der Waals surface area (Å²) >= 11 is 0. The van der Waals surface area contributed by atoms with Crippen LogP contribution in [-0.4, -0.2) is 66.4 Å². The SMILES string of the molecule is CC(C)C[C@H](NC(=O)c1cccc(CN)c1)C(=O)N1CCC2[C@H]1C(=O)CN2S(=O)(=O)c1ccccc1. The van der Waals surface area contributed by atoms with Crippen LogP contribution >= 0.6 is 0 Å². The number of hydrogen-bond donors (Lipinski definition) is 2. The molecule has 36 heavy (non-hydrogen) atoms. The van der Waals surface area contributed by atoms with E-state index in [1.807, 2.05) is 19.9 Å². The summed E-state index contributed by atoms with van der Waals surface area (Å²) in [6.45, 7) is 4.15. The molecule has 3 N–H and O–H groups in total. The van der Waals surface area contributed by atoms with Gasteiger partial charge in [-0.1, -0.05) is 44.2 Å². The summed E-state index contributed by atoms with van der Waals surface area (Å²) in [6.07, 6.45) is 0.740. The number of carbonyl (C=O) groups excluding carboxylic acids is 3. The van der Waals surface area contributed by atoms with E-state index < -0.39 is 34.1 Å². The number of hydrogen-bond acceptors (Lipinski definition) is 6. The Morgan fingerprint density at radius 1 is 1.11 bits per heavy atom. The zero-order valence-corrected chi connectivity index (χ0v) is 21.3. The van der Waals surface area contributed by atoms with Gasteiger partial charge in [0.15, 0.2) is 5.78 Å². The molecule has 0 bridgehead atoms. The predicted molar refractivity (Wildman–Crippen MR) is 134 cm³/mol. The van der Waals surface area contributed by atoms with Gasteiger partial charge in [0, 0.05) is 18.7 Å². The van der Waals surface area contributed by atoms with E-state index in [1.54, 1.807) is 36.4 Å². The summed E-state index contributed by atoms with van der Waals surface area (Å²) in [5, 5.41) is 2.84. The molecule has 2 amide bonds. The first kappa shape index (κ1) is 26.0. The number of carbonyl (C=O) groups is 3. The highest BCUT2D eigenvalue weighted by atomic mass is 32.2. The molecular weight excluding hydrogens is 480 g/mol. The zero-order chi connectivity index (χ0) is 26.0. The van der Waals surface area contributed by atoms with Crippen molar-refractivity contribution in [1.82, 2.24) is 14.5 Å². The summed E-state index contributed by atoms with van der Waals surface area (Å²) in [5.41, 5.74) is 6.89. The molecule has 2 fully saturated rings. The van der Waals surface area contributed by atoms with E-state index in [2.05, 4.69) is 5.32 Å². The summed E-state index contributed by atoms with van der Waals surface area (Å²) in [5.74, 6) is -0.976. The Balaban J connectivity index is 1.55. The standard InChI is InChI=1S/C26H32N4O5S/c1-17(2)13-21(28-25(32)19-8-6-7-18(14-19)15-27)26(33)29-12-11-22-24(29)23(31)16-30(22)36(34,35)20-9-4-3-5-10-20/h3-10,14,17,21-22,24H,11-13,15-16,27H2,1-2H3,(H,28,32)/t21-,22?,24-/m0/s1. The van der Waals surface area contributed by atoms with E-state index in [0.717, 1.165) is 5.56 Å². The lowest BCUT2D eigenvalue weighted by Gasteiger charge is -2.29. The molecule has 10 heteroatoms. The van der Waals surface area contributed by atoms with Crippen molar-refractivity contribution in [3.05, 3.63) is 65.7 Å². The number of benzene rings is 2. The van der Waals surface area contributed by atoms with Crippen LogP contribution in [0, 0.1) is 5.92 Å². The minimum absolute atomic E-state index is 0.0993. The number of ketones is 1. The van der Waals surface area contributed by atoms with Crippen LogP contribution in [0.3, 0.4) is 0 Å². The molecule has 2 aromatic carbocycles. The molecule has 1 unspecified atom stereocenters. The molecule has 0 aliphatic carbocycles. The highest BCUT2D eigenvalue weighted by Crippen LogP contribution is 2.34. The molecule has 4 rings (SSSR count). The second-order valence-electron chi connectivity index (χ2n) is 9.72. The number of sulfonamides is 1. The highest BCUT2D eigenvalue weighted by molar-refractivity contribution is 7.89. The van der Waals surface area contributed by atoms with Crippen molar-refractivity contribution < 1.29 is 22.8 Å². The lowest BCUT2D eigenvalue weighted by molar-refractivity contribution is -0.138. The molecule has 9 nitrogen and oxygen atoms in total. The van der Waals surface area contributed by atoms with Gasteiger partial charge >= 0.3 is 0 Å². The maximum absolute atomic E-state index is 13.7. The van der Waals surface area contributed by atoms with Crippen molar-refractivity contribution in [1.29, 1.82) is 0 Å². The maximum Gasteiger partial charge on any atom is 0.251 e. The molecule has 3 atom stereocenters. The van der Waals surface area contributed by atoms with Crippen molar-refractivity contribution in [3.8, 4) is 0 Å². The third-order valence-electron chi connectivity index (χ3n) is 6.75. The average molecular weight is 513 g/mol. The van der Waals surface area contributed by atoms with Gasteiger partial charge in [0.25, 0.3) is 5.91 Å². The largest absolute Gasteiger partial charge is 0.340 e. The molecular formula is C26H32N4O5S. The Morgan fingerprint density at radius 2 is 1.83 bits per heavy atom. The fourth-order valence-corrected chi connectivity index (χ4v) is 6.69. The Morgan fingerprint density at radius 3 is 2.50 bits per heavy atom. The van der Waals surface area contributed by atoms with Crippen molar-refractivity contribution in [2.45, 2.75) is 56.3 Å². The van der Waals surface area contributed by atoms with Crippen LogP contribution in [0.25, 0.3) is 0 Å². The van der Waals surface area contributed by atoms with Gasteiger partial charge in [0.2, 0.25) is 15.9 Å². The van der Waals surface area contributed by atoms with E-state index in [1.165, 1.54) is 21.3 Å². The van der Waals surface area contributed by atoms with Crippen LogP contribution in [0.2, 0.25) is 0 Å². The molecule has 0 radical (unpaired) electrons. The van der Waals surface area contributed by atoms with Gasteiger partial charge in [-0.25, -0.2) is 8.42 Å². The maximum atomic E-state index is 13.7. The number of nitrogens with zero attached hydrogens (tertiary/aromatic N) is 2. The lowest BCUT2D eigenvalue weighted by Crippen LogP contribution is -2.53. The molecule has 2 aliphatic rings. The van der Waals surface area contributed by atoms with E-state index in [-0.39, 0.29) is 42.1 Å². The van der Waals surface area contributed by atoms with Crippen molar-refractivity contribution in [2.24, 2.45) is 11.7 Å². The second-order valence-corrected chi connectivity index (χ2v) is 11.6. The van der Waals surface area contributed by atoms with Crippen LogP contribution in [0.15, 0.2) is 59.5 Å². The van der Waals surface area contributed by atoms with Gasteiger partial charge in [-0.05, 0) is 48.6 Å². The molecule has 192 valence electrons. The van der Waals surface area contributed by atoms with Crippen molar-refractivity contribution >= 4 is 27.6 Å². The molecule has 0 spiro atoms. The topological polar surface area (TPSA) is 130 Å². The molecule has 0 aromatic heterocycles. The summed E-state index contributed by atoms with van der Waals surface area (Å²) in [6, 6.07) is 12.6. The van der Waals surface area contributed by atoms with Crippen LogP contribution in [0.1, 0.15) is 42.6 Å². The lowest BCUT2D eigenvalue weighted by atomic mass is 10.0. The molecule has 2 aromatic rings. The van der Waals surface area contributed by atoms with Gasteiger partial charge in [0.1, 0.15) is 12.1 Å². The summed E-state index contributed by atoms with van der Waals surface area (Å²) < 4.78 is 27.7.